The zero-order valence-electron chi connectivity index (χ0n) is 23.2. The summed E-state index contributed by atoms with van der Waals surface area (Å²) < 4.78 is 0. The molecule has 3 nitrogen and oxygen atoms in total. The van der Waals surface area contributed by atoms with E-state index < -0.39 is 0 Å². The van der Waals surface area contributed by atoms with Crippen molar-refractivity contribution in [3.63, 3.8) is 0 Å². The number of ketones is 1. The van der Waals surface area contributed by atoms with Crippen molar-refractivity contribution in [1.29, 1.82) is 0 Å². The van der Waals surface area contributed by atoms with Gasteiger partial charge in [0.25, 0.3) is 0 Å². The Morgan fingerprint density at radius 1 is 1.00 bits per heavy atom. The van der Waals surface area contributed by atoms with E-state index in [0.29, 0.717) is 0 Å². The summed E-state index contributed by atoms with van der Waals surface area (Å²) in [5.41, 5.74) is 5.45. The monoisotopic (exact) mass is 665 g/mol. The molecule has 1 heterocycles. The minimum absolute atomic E-state index is 0. The fourth-order valence-corrected chi connectivity index (χ4v) is 4.27. The van der Waals surface area contributed by atoms with E-state index in [1.54, 1.807) is 0 Å². The predicted octanol–water partition coefficient (Wildman–Crippen LogP) is 8.88. The second-order valence-electron chi connectivity index (χ2n) is 9.85. The average Bonchev–Trinajstić information content (AvgIpc) is 2.83. The molecule has 1 aromatic heterocycles. The molecule has 1 radical (unpaired) electrons. The molecule has 2 aromatic carbocycles. The number of fused-ring (bicyclic) bond motifs is 1. The van der Waals surface area contributed by atoms with Crippen LogP contribution in [0.2, 0.25) is 0 Å². The molecule has 0 bridgehead atoms. The third-order valence-electron chi connectivity index (χ3n) is 7.16. The first-order valence-corrected chi connectivity index (χ1v) is 12.9. The number of aryl methyl sites for hydroxylation is 3. The topological polar surface area (TPSA) is 50.2 Å². The summed E-state index contributed by atoms with van der Waals surface area (Å²) in [5.74, 6) is 0.437. The Morgan fingerprint density at radius 3 is 2.19 bits per heavy atom. The largest absolute Gasteiger partial charge is 0.512 e. The molecule has 0 fully saturated rings. The van der Waals surface area contributed by atoms with Gasteiger partial charge in [0.1, 0.15) is 0 Å². The van der Waals surface area contributed by atoms with Gasteiger partial charge in [-0.05, 0) is 55.1 Å². The number of aliphatic hydroxyl groups excluding tert-OH is 1. The molecular formula is C32H42IrNO2-. The summed E-state index contributed by atoms with van der Waals surface area (Å²) >= 11 is 0. The van der Waals surface area contributed by atoms with E-state index in [2.05, 4.69) is 68.2 Å². The second kappa shape index (κ2) is 14.4. The number of nitrogens with zero attached hydrogens (tertiary/aromatic N) is 1. The maximum atomic E-state index is 12.0. The molecule has 0 aliphatic heterocycles. The number of hydrogen-bond donors (Lipinski definition) is 1. The maximum absolute atomic E-state index is 12.0. The van der Waals surface area contributed by atoms with Gasteiger partial charge in [0.15, 0.2) is 5.78 Å². The summed E-state index contributed by atoms with van der Waals surface area (Å²) in [6, 6.07) is 16.2. The van der Waals surface area contributed by atoms with E-state index in [9.17, 15) is 9.90 Å². The number of aliphatic hydroxyl groups is 1. The summed E-state index contributed by atoms with van der Waals surface area (Å²) in [6.07, 6.45) is 6.71. The van der Waals surface area contributed by atoms with Crippen LogP contribution in [0.25, 0.3) is 22.0 Å². The molecule has 36 heavy (non-hydrogen) atoms. The van der Waals surface area contributed by atoms with Crippen LogP contribution in [0.4, 0.5) is 0 Å². The minimum Gasteiger partial charge on any atom is -0.512 e. The van der Waals surface area contributed by atoms with Gasteiger partial charge in [-0.15, -0.1) is 34.9 Å². The van der Waals surface area contributed by atoms with Crippen molar-refractivity contribution in [3.05, 3.63) is 77.2 Å². The Hall–Kier alpha value is -2.29. The van der Waals surface area contributed by atoms with E-state index in [0.717, 1.165) is 42.5 Å². The molecule has 0 aliphatic carbocycles. The Morgan fingerprint density at radius 2 is 1.64 bits per heavy atom. The molecule has 197 valence electrons. The predicted molar refractivity (Wildman–Crippen MR) is 149 cm³/mol. The van der Waals surface area contributed by atoms with E-state index in [4.69, 9.17) is 0 Å². The molecule has 0 saturated heterocycles. The first-order valence-electron chi connectivity index (χ1n) is 12.9. The molecule has 0 unspecified atom stereocenters. The van der Waals surface area contributed by atoms with Crippen LogP contribution in [0, 0.1) is 38.2 Å². The summed E-state index contributed by atoms with van der Waals surface area (Å²) in [6.45, 7) is 16.4. The van der Waals surface area contributed by atoms with E-state index in [1.165, 1.54) is 28.0 Å². The molecule has 0 saturated carbocycles. The second-order valence-corrected chi connectivity index (χ2v) is 9.85. The Labute approximate surface area is 231 Å². The average molecular weight is 665 g/mol. The van der Waals surface area contributed by atoms with Gasteiger partial charge in [-0.3, -0.25) is 4.79 Å². The number of allylic oxidation sites excluding steroid dienone is 2. The molecule has 4 heteroatoms. The van der Waals surface area contributed by atoms with Crippen LogP contribution in [-0.2, 0) is 24.9 Å². The fourth-order valence-electron chi connectivity index (χ4n) is 4.27. The van der Waals surface area contributed by atoms with Crippen molar-refractivity contribution >= 4 is 16.6 Å². The van der Waals surface area contributed by atoms with E-state index in [1.807, 2.05) is 40.8 Å². The summed E-state index contributed by atoms with van der Waals surface area (Å²) in [5, 5.41) is 12.3. The standard InChI is InChI=1S/C18H16N.C14H26O2.Ir/c1-12-4-5-17-15(9-12)6-7-19-18(17)16-10-13(2)8-14(3)11-16;1-6-11(7-2)12(15)10-13(16)14(5,8-3)9-4;/h4-10H,1-3H3;10-11,15H,6-9H2,1-5H3;/q-1;;/b;12-10-;. The summed E-state index contributed by atoms with van der Waals surface area (Å²) in [4.78, 5) is 16.6. The van der Waals surface area contributed by atoms with Gasteiger partial charge >= 0.3 is 0 Å². The quantitative estimate of drug-likeness (QED) is 0.149. The first kappa shape index (κ1) is 31.7. The molecule has 3 rings (SSSR count). The van der Waals surface area contributed by atoms with Crippen molar-refractivity contribution in [2.45, 2.75) is 81.1 Å². The normalized spacial score (nSPS) is 11.6. The van der Waals surface area contributed by atoms with Gasteiger partial charge in [0, 0.05) is 43.7 Å². The van der Waals surface area contributed by atoms with E-state index >= 15 is 0 Å². The van der Waals surface area contributed by atoms with Crippen LogP contribution in [0.15, 0.2) is 54.4 Å². The van der Waals surface area contributed by atoms with Crippen LogP contribution in [0.3, 0.4) is 0 Å². The van der Waals surface area contributed by atoms with Crippen LogP contribution in [0.5, 0.6) is 0 Å². The van der Waals surface area contributed by atoms with Gasteiger partial charge in [-0.1, -0.05) is 72.2 Å². The van der Waals surface area contributed by atoms with Gasteiger partial charge in [0.05, 0.1) is 5.76 Å². The van der Waals surface area contributed by atoms with Crippen molar-refractivity contribution < 1.29 is 30.0 Å². The number of aromatic nitrogens is 1. The SMILES string of the molecule is CCC(CC)/C(O)=C/C(=O)C(C)(CC)CC.Cc1[c-]c(-c2nccc3cc(C)ccc23)cc(C)c1.[Ir]. The van der Waals surface area contributed by atoms with Crippen molar-refractivity contribution in [1.82, 2.24) is 4.98 Å². The van der Waals surface area contributed by atoms with Crippen LogP contribution in [-0.4, -0.2) is 15.9 Å². The molecule has 3 aromatic rings. The van der Waals surface area contributed by atoms with E-state index in [-0.39, 0.29) is 43.0 Å². The maximum Gasteiger partial charge on any atom is 0.164 e. The third kappa shape index (κ3) is 8.11. The number of benzene rings is 2. The number of pyridine rings is 1. The number of carbonyl (C=O) groups is 1. The smallest absolute Gasteiger partial charge is 0.164 e. The minimum atomic E-state index is -0.319. The van der Waals surface area contributed by atoms with Crippen molar-refractivity contribution in [2.75, 3.05) is 0 Å². The number of hydrogen-bond acceptors (Lipinski definition) is 3. The van der Waals surface area contributed by atoms with Crippen LogP contribution < -0.4 is 0 Å². The number of rotatable bonds is 8. The molecule has 0 spiro atoms. The Kier molecular flexibility index (Phi) is 12.7. The fraction of sp³-hybridized carbons (Fsp3) is 0.438. The Bertz CT molecular complexity index is 1150. The zero-order chi connectivity index (χ0) is 26.2. The van der Waals surface area contributed by atoms with Crippen LogP contribution >= 0.6 is 0 Å². The van der Waals surface area contributed by atoms with Crippen LogP contribution in [0.1, 0.15) is 77.0 Å². The Balaban J connectivity index is 0.000000357. The third-order valence-corrected chi connectivity index (χ3v) is 7.16. The molecular weight excluding hydrogens is 623 g/mol. The molecule has 0 aliphatic rings. The first-order chi connectivity index (χ1) is 16.6. The summed E-state index contributed by atoms with van der Waals surface area (Å²) in [7, 11) is 0. The van der Waals surface area contributed by atoms with Crippen molar-refractivity contribution in [3.8, 4) is 11.3 Å². The zero-order valence-corrected chi connectivity index (χ0v) is 25.6. The van der Waals surface area contributed by atoms with Gasteiger partial charge < -0.3 is 10.1 Å². The van der Waals surface area contributed by atoms with Gasteiger partial charge in [-0.2, -0.15) is 0 Å². The number of carbonyl (C=O) groups excluding carboxylic acids is 1. The van der Waals surface area contributed by atoms with Gasteiger partial charge in [-0.25, -0.2) is 0 Å². The molecule has 0 atom stereocenters. The molecule has 0 amide bonds. The van der Waals surface area contributed by atoms with Gasteiger partial charge in [0.2, 0.25) is 0 Å². The molecule has 1 N–H and O–H groups in total. The van der Waals surface area contributed by atoms with Crippen molar-refractivity contribution in [2.24, 2.45) is 11.3 Å².